The first-order valence-corrected chi connectivity index (χ1v) is 12.9. The van der Waals surface area contributed by atoms with E-state index in [2.05, 4.69) is 15.3 Å². The summed E-state index contributed by atoms with van der Waals surface area (Å²) in [5.74, 6) is 0.875. The molecule has 0 saturated carbocycles. The Kier molecular flexibility index (Phi) is 7.34. The van der Waals surface area contributed by atoms with E-state index in [0.717, 1.165) is 40.2 Å². The summed E-state index contributed by atoms with van der Waals surface area (Å²) in [7, 11) is -3.96. The predicted octanol–water partition coefficient (Wildman–Crippen LogP) is 3.33. The number of aryl methyl sites for hydroxylation is 1. The molecule has 0 unspecified atom stereocenters. The van der Waals surface area contributed by atoms with E-state index in [4.69, 9.17) is 17.3 Å². The van der Waals surface area contributed by atoms with Crippen molar-refractivity contribution in [2.45, 2.75) is 31.2 Å². The molecule has 0 fully saturated rings. The standard InChI is InChI=1S/C24H25ClN6O3S/c1-2-22-29-21-13-18(25)15-28-23(21)31(22)19-7-3-16(4-8-19)11-12-27-24(32)30-35(33,34)20-9-5-17(14-26)6-10-20/h3-10,13,15H,2,11-12,14,26H2,1H3,(H2,27,30,32). The number of pyridine rings is 1. The maximum atomic E-state index is 12.4. The van der Waals surface area contributed by atoms with Crippen LogP contribution in [0.2, 0.25) is 5.02 Å². The van der Waals surface area contributed by atoms with Crippen LogP contribution in [-0.4, -0.2) is 35.5 Å². The zero-order valence-electron chi connectivity index (χ0n) is 19.0. The molecule has 0 spiro atoms. The van der Waals surface area contributed by atoms with Gasteiger partial charge >= 0.3 is 6.03 Å². The lowest BCUT2D eigenvalue weighted by atomic mass is 10.1. The fourth-order valence-electron chi connectivity index (χ4n) is 3.65. The summed E-state index contributed by atoms with van der Waals surface area (Å²) in [6.45, 7) is 2.60. The lowest BCUT2D eigenvalue weighted by Gasteiger charge is -2.10. The van der Waals surface area contributed by atoms with Crippen molar-refractivity contribution in [2.24, 2.45) is 5.73 Å². The van der Waals surface area contributed by atoms with Crippen LogP contribution in [0.1, 0.15) is 23.9 Å². The average Bonchev–Trinajstić information content (AvgIpc) is 3.22. The quantitative estimate of drug-likeness (QED) is 0.332. The average molecular weight is 513 g/mol. The number of fused-ring (bicyclic) bond motifs is 1. The fourth-order valence-corrected chi connectivity index (χ4v) is 4.73. The third-order valence-electron chi connectivity index (χ3n) is 5.44. The van der Waals surface area contributed by atoms with Crippen LogP contribution in [0.25, 0.3) is 16.9 Å². The number of imidazole rings is 1. The van der Waals surface area contributed by atoms with Gasteiger partial charge in [-0.25, -0.2) is 27.9 Å². The molecular weight excluding hydrogens is 488 g/mol. The van der Waals surface area contributed by atoms with Gasteiger partial charge in [-0.2, -0.15) is 0 Å². The Bertz CT molecular complexity index is 1450. The number of nitrogens with zero attached hydrogens (tertiary/aromatic N) is 3. The Labute approximate surface area is 208 Å². The van der Waals surface area contributed by atoms with Crippen molar-refractivity contribution >= 4 is 38.8 Å². The highest BCUT2D eigenvalue weighted by Crippen LogP contribution is 2.23. The molecule has 9 nitrogen and oxygen atoms in total. The summed E-state index contributed by atoms with van der Waals surface area (Å²) in [4.78, 5) is 21.2. The van der Waals surface area contributed by atoms with Gasteiger partial charge in [-0.05, 0) is 47.9 Å². The largest absolute Gasteiger partial charge is 0.337 e. The Morgan fingerprint density at radius 3 is 2.43 bits per heavy atom. The molecule has 2 amide bonds. The molecule has 2 aromatic heterocycles. The van der Waals surface area contributed by atoms with Gasteiger partial charge in [-0.15, -0.1) is 0 Å². The maximum absolute atomic E-state index is 12.4. The van der Waals surface area contributed by atoms with E-state index in [-0.39, 0.29) is 11.4 Å². The van der Waals surface area contributed by atoms with E-state index >= 15 is 0 Å². The number of benzene rings is 2. The third kappa shape index (κ3) is 5.61. The van der Waals surface area contributed by atoms with E-state index in [1.807, 2.05) is 40.5 Å². The highest BCUT2D eigenvalue weighted by atomic mass is 35.5. The molecule has 0 aliphatic rings. The van der Waals surface area contributed by atoms with Crippen molar-refractivity contribution in [3.63, 3.8) is 0 Å². The van der Waals surface area contributed by atoms with Crippen molar-refractivity contribution in [2.75, 3.05) is 6.54 Å². The van der Waals surface area contributed by atoms with Crippen molar-refractivity contribution < 1.29 is 13.2 Å². The number of sulfonamides is 1. The molecule has 0 aliphatic carbocycles. The van der Waals surface area contributed by atoms with Gasteiger partial charge in [0.15, 0.2) is 5.65 Å². The molecule has 0 radical (unpaired) electrons. The highest BCUT2D eigenvalue weighted by molar-refractivity contribution is 7.90. The summed E-state index contributed by atoms with van der Waals surface area (Å²) in [5, 5.41) is 3.12. The third-order valence-corrected chi connectivity index (χ3v) is 6.99. The molecular formula is C24H25ClN6O3S. The topological polar surface area (TPSA) is 132 Å². The molecule has 4 rings (SSSR count). The van der Waals surface area contributed by atoms with Crippen LogP contribution in [0.3, 0.4) is 0 Å². The Morgan fingerprint density at radius 2 is 1.77 bits per heavy atom. The first kappa shape index (κ1) is 24.6. The van der Waals surface area contributed by atoms with Crippen molar-refractivity contribution in [3.8, 4) is 5.69 Å². The van der Waals surface area contributed by atoms with Gasteiger partial charge in [0.05, 0.1) is 9.92 Å². The van der Waals surface area contributed by atoms with E-state index < -0.39 is 16.1 Å². The molecule has 4 N–H and O–H groups in total. The summed E-state index contributed by atoms with van der Waals surface area (Å²) < 4.78 is 28.7. The van der Waals surface area contributed by atoms with Crippen LogP contribution in [-0.2, 0) is 29.4 Å². The molecule has 0 aliphatic heterocycles. The molecule has 0 bridgehead atoms. The van der Waals surface area contributed by atoms with Gasteiger partial charge in [0.2, 0.25) is 0 Å². The summed E-state index contributed by atoms with van der Waals surface area (Å²) in [6.07, 6.45) is 2.86. The van der Waals surface area contributed by atoms with E-state index in [0.29, 0.717) is 18.0 Å². The molecule has 0 atom stereocenters. The highest BCUT2D eigenvalue weighted by Gasteiger charge is 2.17. The fraction of sp³-hybridized carbons (Fsp3) is 0.208. The number of hydrogen-bond donors (Lipinski definition) is 3. The summed E-state index contributed by atoms with van der Waals surface area (Å²) in [5.41, 5.74) is 9.69. The molecule has 0 saturated heterocycles. The van der Waals surface area contributed by atoms with Crippen LogP contribution in [0.4, 0.5) is 4.79 Å². The minimum absolute atomic E-state index is 0.00401. The van der Waals surface area contributed by atoms with E-state index in [1.54, 1.807) is 24.4 Å². The number of hydrogen-bond acceptors (Lipinski definition) is 6. The number of carbonyl (C=O) groups excluding carboxylic acids is 1. The minimum atomic E-state index is -3.96. The van der Waals surface area contributed by atoms with Crippen LogP contribution >= 0.6 is 11.6 Å². The number of amides is 2. The number of nitrogens with two attached hydrogens (primary N) is 1. The summed E-state index contributed by atoms with van der Waals surface area (Å²) >= 11 is 6.06. The van der Waals surface area contributed by atoms with Crippen LogP contribution < -0.4 is 15.8 Å². The number of nitrogens with one attached hydrogen (secondary N) is 2. The van der Waals surface area contributed by atoms with E-state index in [9.17, 15) is 13.2 Å². The van der Waals surface area contributed by atoms with Gasteiger partial charge < -0.3 is 11.1 Å². The number of urea groups is 1. The lowest BCUT2D eigenvalue weighted by Crippen LogP contribution is -2.40. The Morgan fingerprint density at radius 1 is 1.09 bits per heavy atom. The zero-order valence-corrected chi connectivity index (χ0v) is 20.6. The SMILES string of the molecule is CCc1nc2cc(Cl)cnc2n1-c1ccc(CCNC(=O)NS(=O)(=O)c2ccc(CN)cc2)cc1. The second-order valence-electron chi connectivity index (χ2n) is 7.84. The molecule has 4 aromatic rings. The van der Waals surface area contributed by atoms with Crippen molar-refractivity contribution in [1.29, 1.82) is 0 Å². The Balaban J connectivity index is 1.37. The normalized spacial score (nSPS) is 11.5. The van der Waals surface area contributed by atoms with Gasteiger partial charge in [0, 0.05) is 31.4 Å². The summed E-state index contributed by atoms with van der Waals surface area (Å²) in [6, 6.07) is 14.9. The van der Waals surface area contributed by atoms with E-state index in [1.165, 1.54) is 12.1 Å². The zero-order chi connectivity index (χ0) is 25.0. The monoisotopic (exact) mass is 512 g/mol. The molecule has 2 aromatic carbocycles. The second-order valence-corrected chi connectivity index (χ2v) is 9.96. The molecule has 35 heavy (non-hydrogen) atoms. The van der Waals surface area contributed by atoms with Crippen LogP contribution in [0.15, 0.2) is 65.7 Å². The smallest absolute Gasteiger partial charge is 0.328 e. The van der Waals surface area contributed by atoms with Gasteiger partial charge in [-0.3, -0.25) is 4.57 Å². The van der Waals surface area contributed by atoms with Crippen LogP contribution in [0, 0.1) is 0 Å². The molecule has 2 heterocycles. The van der Waals surface area contributed by atoms with Crippen molar-refractivity contribution in [3.05, 3.63) is 82.8 Å². The molecule has 182 valence electrons. The minimum Gasteiger partial charge on any atom is -0.337 e. The maximum Gasteiger partial charge on any atom is 0.328 e. The van der Waals surface area contributed by atoms with Gasteiger partial charge in [-0.1, -0.05) is 42.8 Å². The predicted molar refractivity (Wildman–Crippen MR) is 135 cm³/mol. The first-order valence-electron chi connectivity index (χ1n) is 11.0. The number of rotatable bonds is 8. The number of aromatic nitrogens is 3. The number of carbonyl (C=O) groups is 1. The molecule has 11 heteroatoms. The van der Waals surface area contributed by atoms with Crippen LogP contribution in [0.5, 0.6) is 0 Å². The van der Waals surface area contributed by atoms with Crippen molar-refractivity contribution in [1.82, 2.24) is 24.6 Å². The second kappa shape index (κ2) is 10.4. The number of halogens is 1. The van der Waals surface area contributed by atoms with Gasteiger partial charge in [0.25, 0.3) is 10.0 Å². The Hall–Kier alpha value is -3.47. The van der Waals surface area contributed by atoms with Gasteiger partial charge in [0.1, 0.15) is 11.3 Å². The first-order chi connectivity index (χ1) is 16.8. The lowest BCUT2D eigenvalue weighted by molar-refractivity contribution is 0.246.